The highest BCUT2D eigenvalue weighted by atomic mass is 16.5. The number of anilines is 2. The Balaban J connectivity index is 1.76. The van der Waals surface area contributed by atoms with Crippen molar-refractivity contribution in [3.05, 3.63) is 36.4 Å². The lowest BCUT2D eigenvalue weighted by atomic mass is 10.3. The smallest absolute Gasteiger partial charge is 0.213 e. The molecule has 0 saturated heterocycles. The molecule has 2 aromatic rings. The summed E-state index contributed by atoms with van der Waals surface area (Å²) < 4.78 is 5.01. The van der Waals surface area contributed by atoms with Gasteiger partial charge in [-0.3, -0.25) is 0 Å². The Kier molecular flexibility index (Phi) is 2.80. The molecule has 1 N–H and O–H groups in total. The third-order valence-electron chi connectivity index (χ3n) is 2.90. The van der Waals surface area contributed by atoms with Crippen LogP contribution in [-0.4, -0.2) is 22.1 Å². The SMILES string of the molecule is COc1ccc(Nc2cc(C3CC3)ncn2)cn1. The Morgan fingerprint density at radius 3 is 2.78 bits per heavy atom. The fourth-order valence-electron chi connectivity index (χ4n) is 1.77. The minimum Gasteiger partial charge on any atom is -0.481 e. The Bertz CT molecular complexity index is 537. The summed E-state index contributed by atoms with van der Waals surface area (Å²) in [6.07, 6.45) is 5.80. The molecule has 0 atom stereocenters. The molecule has 0 unspecified atom stereocenters. The zero-order valence-electron chi connectivity index (χ0n) is 10.1. The van der Waals surface area contributed by atoms with Gasteiger partial charge in [-0.25, -0.2) is 15.0 Å². The molecule has 1 saturated carbocycles. The van der Waals surface area contributed by atoms with Crippen molar-refractivity contribution in [2.75, 3.05) is 12.4 Å². The van der Waals surface area contributed by atoms with Gasteiger partial charge in [0.1, 0.15) is 12.1 Å². The quantitative estimate of drug-likeness (QED) is 0.892. The molecule has 0 aliphatic heterocycles. The second-order valence-electron chi connectivity index (χ2n) is 4.32. The van der Waals surface area contributed by atoms with Crippen molar-refractivity contribution in [2.45, 2.75) is 18.8 Å². The fraction of sp³-hybridized carbons (Fsp3) is 0.308. The number of ether oxygens (including phenoxy) is 1. The summed E-state index contributed by atoms with van der Waals surface area (Å²) in [5.74, 6) is 2.03. The number of hydrogen-bond acceptors (Lipinski definition) is 5. The summed E-state index contributed by atoms with van der Waals surface area (Å²) in [5.41, 5.74) is 2.00. The van der Waals surface area contributed by atoms with E-state index in [0.29, 0.717) is 11.8 Å². The van der Waals surface area contributed by atoms with E-state index in [1.165, 1.54) is 12.8 Å². The summed E-state index contributed by atoms with van der Waals surface area (Å²) >= 11 is 0. The minimum atomic E-state index is 0.599. The first-order valence-electron chi connectivity index (χ1n) is 5.94. The molecule has 0 spiro atoms. The molecular formula is C13H14N4O. The number of rotatable bonds is 4. The summed E-state index contributed by atoms with van der Waals surface area (Å²) in [7, 11) is 1.60. The van der Waals surface area contributed by atoms with Gasteiger partial charge in [0.15, 0.2) is 0 Å². The van der Waals surface area contributed by atoms with Crippen LogP contribution in [0.5, 0.6) is 5.88 Å². The number of pyridine rings is 1. The maximum atomic E-state index is 5.01. The molecule has 3 rings (SSSR count). The second kappa shape index (κ2) is 4.60. The number of methoxy groups -OCH3 is 1. The summed E-state index contributed by atoms with van der Waals surface area (Å²) in [4.78, 5) is 12.6. The maximum absolute atomic E-state index is 5.01. The van der Waals surface area contributed by atoms with Crippen molar-refractivity contribution in [1.82, 2.24) is 15.0 Å². The van der Waals surface area contributed by atoms with E-state index in [4.69, 9.17) is 4.74 Å². The summed E-state index contributed by atoms with van der Waals surface area (Å²) in [6.45, 7) is 0. The van der Waals surface area contributed by atoms with Crippen LogP contribution in [0.1, 0.15) is 24.5 Å². The van der Waals surface area contributed by atoms with E-state index < -0.39 is 0 Å². The van der Waals surface area contributed by atoms with Crippen molar-refractivity contribution in [1.29, 1.82) is 0 Å². The topological polar surface area (TPSA) is 59.9 Å². The lowest BCUT2D eigenvalue weighted by Gasteiger charge is -2.06. The van der Waals surface area contributed by atoms with Crippen LogP contribution in [0.4, 0.5) is 11.5 Å². The number of nitrogens with zero attached hydrogens (tertiary/aromatic N) is 3. The Morgan fingerprint density at radius 2 is 2.11 bits per heavy atom. The van der Waals surface area contributed by atoms with Gasteiger partial charge < -0.3 is 10.1 Å². The second-order valence-corrected chi connectivity index (χ2v) is 4.32. The lowest BCUT2D eigenvalue weighted by Crippen LogP contribution is -1.97. The Morgan fingerprint density at radius 1 is 1.22 bits per heavy atom. The van der Waals surface area contributed by atoms with Crippen LogP contribution in [0.15, 0.2) is 30.7 Å². The van der Waals surface area contributed by atoms with E-state index in [-0.39, 0.29) is 0 Å². The number of aromatic nitrogens is 3. The molecular weight excluding hydrogens is 228 g/mol. The van der Waals surface area contributed by atoms with Gasteiger partial charge >= 0.3 is 0 Å². The van der Waals surface area contributed by atoms with Gasteiger partial charge in [0.2, 0.25) is 5.88 Å². The third kappa shape index (κ3) is 2.40. The average molecular weight is 242 g/mol. The average Bonchev–Trinajstić information content (AvgIpc) is 3.24. The first-order valence-corrected chi connectivity index (χ1v) is 5.94. The highest BCUT2D eigenvalue weighted by Gasteiger charge is 2.25. The molecule has 5 nitrogen and oxygen atoms in total. The van der Waals surface area contributed by atoms with Crippen LogP contribution in [0, 0.1) is 0 Å². The van der Waals surface area contributed by atoms with E-state index in [9.17, 15) is 0 Å². The lowest BCUT2D eigenvalue weighted by molar-refractivity contribution is 0.398. The van der Waals surface area contributed by atoms with E-state index in [2.05, 4.69) is 20.3 Å². The van der Waals surface area contributed by atoms with Crippen LogP contribution in [0.3, 0.4) is 0 Å². The van der Waals surface area contributed by atoms with Gasteiger partial charge in [-0.15, -0.1) is 0 Å². The molecule has 1 aliphatic carbocycles. The van der Waals surface area contributed by atoms with Crippen molar-refractivity contribution < 1.29 is 4.74 Å². The molecule has 1 fully saturated rings. The monoisotopic (exact) mass is 242 g/mol. The van der Waals surface area contributed by atoms with Crippen LogP contribution in [0.2, 0.25) is 0 Å². The molecule has 2 heterocycles. The highest BCUT2D eigenvalue weighted by Crippen LogP contribution is 2.39. The minimum absolute atomic E-state index is 0.599. The van der Waals surface area contributed by atoms with Gasteiger partial charge in [-0.2, -0.15) is 0 Å². The Labute approximate surface area is 105 Å². The van der Waals surface area contributed by atoms with Crippen molar-refractivity contribution in [3.8, 4) is 5.88 Å². The predicted molar refractivity (Wildman–Crippen MR) is 68.1 cm³/mol. The van der Waals surface area contributed by atoms with Crippen molar-refractivity contribution in [2.24, 2.45) is 0 Å². The number of nitrogens with one attached hydrogen (secondary N) is 1. The van der Waals surface area contributed by atoms with Crippen LogP contribution < -0.4 is 10.1 Å². The number of hydrogen-bond donors (Lipinski definition) is 1. The van der Waals surface area contributed by atoms with Gasteiger partial charge in [0, 0.05) is 23.7 Å². The molecule has 1 aliphatic rings. The molecule has 2 aromatic heterocycles. The normalized spacial score (nSPS) is 14.3. The summed E-state index contributed by atoms with van der Waals surface area (Å²) in [5, 5.41) is 3.21. The molecule has 92 valence electrons. The highest BCUT2D eigenvalue weighted by molar-refractivity contribution is 5.55. The molecule has 0 aromatic carbocycles. The van der Waals surface area contributed by atoms with Crippen molar-refractivity contribution >= 4 is 11.5 Å². The van der Waals surface area contributed by atoms with Gasteiger partial charge in [-0.05, 0) is 18.9 Å². The van der Waals surface area contributed by atoms with E-state index in [1.807, 2.05) is 18.2 Å². The molecule has 0 bridgehead atoms. The van der Waals surface area contributed by atoms with Gasteiger partial charge in [0.05, 0.1) is 19.0 Å². The van der Waals surface area contributed by atoms with Gasteiger partial charge in [-0.1, -0.05) is 0 Å². The van der Waals surface area contributed by atoms with Gasteiger partial charge in [0.25, 0.3) is 0 Å². The molecule has 0 radical (unpaired) electrons. The first-order chi connectivity index (χ1) is 8.85. The van der Waals surface area contributed by atoms with Crippen LogP contribution in [0.25, 0.3) is 0 Å². The first kappa shape index (κ1) is 11.0. The van der Waals surface area contributed by atoms with Crippen molar-refractivity contribution in [3.63, 3.8) is 0 Å². The van der Waals surface area contributed by atoms with E-state index in [1.54, 1.807) is 19.6 Å². The standard InChI is InChI=1S/C13H14N4O/c1-18-13-5-4-10(7-14-13)17-12-6-11(9-2-3-9)15-8-16-12/h4-9H,2-3H2,1H3,(H,15,16,17). The largest absolute Gasteiger partial charge is 0.481 e. The zero-order valence-corrected chi connectivity index (χ0v) is 10.1. The van der Waals surface area contributed by atoms with E-state index in [0.717, 1.165) is 17.2 Å². The third-order valence-corrected chi connectivity index (χ3v) is 2.90. The fourth-order valence-corrected chi connectivity index (χ4v) is 1.77. The predicted octanol–water partition coefficient (Wildman–Crippen LogP) is 2.50. The summed E-state index contributed by atoms with van der Waals surface area (Å²) in [6, 6.07) is 5.72. The van der Waals surface area contributed by atoms with Crippen LogP contribution in [-0.2, 0) is 0 Å². The maximum Gasteiger partial charge on any atom is 0.213 e. The zero-order chi connectivity index (χ0) is 12.4. The Hall–Kier alpha value is -2.17. The van der Waals surface area contributed by atoms with Crippen LogP contribution >= 0.6 is 0 Å². The van der Waals surface area contributed by atoms with E-state index >= 15 is 0 Å². The molecule has 5 heteroatoms. The molecule has 0 amide bonds. The molecule has 18 heavy (non-hydrogen) atoms.